The second kappa shape index (κ2) is 9.06. The number of nitrogens with zero attached hydrogens (tertiary/aromatic N) is 1. The van der Waals surface area contributed by atoms with Crippen LogP contribution in [0.1, 0.15) is 18.4 Å². The molecule has 0 amide bonds. The molecule has 2 aromatic carbocycles. The lowest BCUT2D eigenvalue weighted by Crippen LogP contribution is -2.44. The van der Waals surface area contributed by atoms with Crippen LogP contribution >= 0.6 is 0 Å². The smallest absolute Gasteiger partial charge is 0.244 e. The Bertz CT molecular complexity index is 961. The molecule has 0 unspecified atom stereocenters. The molecule has 0 aliphatic carbocycles. The molecule has 2 aromatic rings. The van der Waals surface area contributed by atoms with Gasteiger partial charge in [-0.3, -0.25) is 4.90 Å². The summed E-state index contributed by atoms with van der Waals surface area (Å²) in [5.74, 6) is -1.06. The average molecular weight is 426 g/mol. The van der Waals surface area contributed by atoms with Crippen LogP contribution in [-0.2, 0) is 16.6 Å². The lowest BCUT2D eigenvalue weighted by Gasteiger charge is -2.32. The van der Waals surface area contributed by atoms with Crippen LogP contribution in [0.5, 0.6) is 11.5 Å². The lowest BCUT2D eigenvalue weighted by atomic mass is 10.1. The van der Waals surface area contributed by atoms with E-state index in [1.165, 1.54) is 26.4 Å². The van der Waals surface area contributed by atoms with Crippen LogP contribution in [0.2, 0.25) is 0 Å². The molecule has 1 aliphatic heterocycles. The van der Waals surface area contributed by atoms with Crippen molar-refractivity contribution in [3.8, 4) is 11.5 Å². The van der Waals surface area contributed by atoms with Gasteiger partial charge in [0.25, 0.3) is 0 Å². The van der Waals surface area contributed by atoms with Crippen molar-refractivity contribution in [3.05, 3.63) is 53.6 Å². The molecule has 0 aromatic heterocycles. The van der Waals surface area contributed by atoms with E-state index in [0.717, 1.165) is 6.07 Å². The Labute approximate surface area is 169 Å². The summed E-state index contributed by atoms with van der Waals surface area (Å²) in [5.41, 5.74) is 0.684. The van der Waals surface area contributed by atoms with Crippen LogP contribution in [0.3, 0.4) is 0 Å². The molecule has 9 heteroatoms. The van der Waals surface area contributed by atoms with Crippen molar-refractivity contribution in [3.63, 3.8) is 0 Å². The van der Waals surface area contributed by atoms with Crippen molar-refractivity contribution in [2.24, 2.45) is 0 Å². The number of nitrogens with one attached hydrogen (secondary N) is 1. The molecule has 0 radical (unpaired) electrons. The van der Waals surface area contributed by atoms with E-state index in [1.54, 1.807) is 18.2 Å². The highest BCUT2D eigenvalue weighted by Gasteiger charge is 2.27. The minimum atomic E-state index is -3.79. The zero-order chi connectivity index (χ0) is 21.0. The number of hydrogen-bond acceptors (Lipinski definition) is 5. The molecule has 1 saturated heterocycles. The molecule has 0 saturated carbocycles. The molecule has 1 N–H and O–H groups in total. The van der Waals surface area contributed by atoms with Gasteiger partial charge in [0, 0.05) is 31.7 Å². The Balaban J connectivity index is 1.62. The molecule has 0 bridgehead atoms. The molecule has 1 aliphatic rings. The predicted octanol–water partition coefficient (Wildman–Crippen LogP) is 2.92. The lowest BCUT2D eigenvalue weighted by molar-refractivity contribution is 0.199. The van der Waals surface area contributed by atoms with Gasteiger partial charge >= 0.3 is 0 Å². The first kappa shape index (κ1) is 21.5. The highest BCUT2D eigenvalue weighted by Crippen LogP contribution is 2.29. The van der Waals surface area contributed by atoms with Crippen LogP contribution in [-0.4, -0.2) is 46.7 Å². The Morgan fingerprint density at radius 2 is 1.76 bits per heavy atom. The first-order chi connectivity index (χ1) is 13.8. The Kier molecular flexibility index (Phi) is 6.71. The van der Waals surface area contributed by atoms with Crippen molar-refractivity contribution in [1.29, 1.82) is 0 Å². The van der Waals surface area contributed by atoms with Crippen LogP contribution in [0.15, 0.2) is 41.3 Å². The zero-order valence-electron chi connectivity index (χ0n) is 16.3. The minimum Gasteiger partial charge on any atom is -0.497 e. The number of rotatable bonds is 7. The number of sulfonamides is 1. The number of halogens is 2. The summed E-state index contributed by atoms with van der Waals surface area (Å²) in [6, 6.07) is 8.26. The summed E-state index contributed by atoms with van der Waals surface area (Å²) in [7, 11) is -0.906. The van der Waals surface area contributed by atoms with E-state index in [0.29, 0.717) is 43.8 Å². The number of methoxy groups -OCH3 is 2. The van der Waals surface area contributed by atoms with E-state index < -0.39 is 21.7 Å². The normalized spacial score (nSPS) is 16.0. The fraction of sp³-hybridized carbons (Fsp3) is 0.400. The molecular formula is C20H24F2N2O4S. The zero-order valence-corrected chi connectivity index (χ0v) is 17.1. The van der Waals surface area contributed by atoms with Crippen molar-refractivity contribution in [1.82, 2.24) is 9.62 Å². The third kappa shape index (κ3) is 5.23. The second-order valence-electron chi connectivity index (χ2n) is 6.94. The van der Waals surface area contributed by atoms with Gasteiger partial charge in [0.15, 0.2) is 11.6 Å². The number of benzene rings is 2. The van der Waals surface area contributed by atoms with Gasteiger partial charge in [-0.05, 0) is 42.7 Å². The largest absolute Gasteiger partial charge is 0.497 e. The SMILES string of the molecule is COc1ccc(OC)c(S(=O)(=O)NC2CCN(Cc3ccc(F)c(F)c3)CC2)c1. The fourth-order valence-electron chi connectivity index (χ4n) is 3.38. The molecule has 0 spiro atoms. The van der Waals surface area contributed by atoms with E-state index in [4.69, 9.17) is 9.47 Å². The maximum absolute atomic E-state index is 13.4. The van der Waals surface area contributed by atoms with Gasteiger partial charge in [0.05, 0.1) is 14.2 Å². The highest BCUT2D eigenvalue weighted by molar-refractivity contribution is 7.89. The number of piperidine rings is 1. The van der Waals surface area contributed by atoms with E-state index >= 15 is 0 Å². The summed E-state index contributed by atoms with van der Waals surface area (Å²) in [5, 5.41) is 0. The third-order valence-electron chi connectivity index (χ3n) is 4.96. The average Bonchev–Trinajstić information content (AvgIpc) is 2.71. The van der Waals surface area contributed by atoms with E-state index in [9.17, 15) is 17.2 Å². The Hall–Kier alpha value is -2.23. The maximum atomic E-state index is 13.4. The molecule has 29 heavy (non-hydrogen) atoms. The third-order valence-corrected chi connectivity index (χ3v) is 6.50. The van der Waals surface area contributed by atoms with Crippen molar-refractivity contribution in [2.75, 3.05) is 27.3 Å². The van der Waals surface area contributed by atoms with Gasteiger partial charge in [-0.2, -0.15) is 0 Å². The molecule has 158 valence electrons. The van der Waals surface area contributed by atoms with Crippen LogP contribution in [0.25, 0.3) is 0 Å². The van der Waals surface area contributed by atoms with Gasteiger partial charge in [-0.1, -0.05) is 6.07 Å². The standard InChI is InChI=1S/C20H24F2N2O4S/c1-27-16-4-6-19(28-2)20(12-16)29(25,26)23-15-7-9-24(10-8-15)13-14-3-5-17(21)18(22)11-14/h3-6,11-12,15,23H,7-10,13H2,1-2H3. The van der Waals surface area contributed by atoms with Crippen LogP contribution < -0.4 is 14.2 Å². The summed E-state index contributed by atoms with van der Waals surface area (Å²) < 4.78 is 65.2. The minimum absolute atomic E-state index is 0.0311. The van der Waals surface area contributed by atoms with Gasteiger partial charge < -0.3 is 9.47 Å². The van der Waals surface area contributed by atoms with Gasteiger partial charge in [-0.15, -0.1) is 0 Å². The molecule has 3 rings (SSSR count). The Morgan fingerprint density at radius 1 is 1.03 bits per heavy atom. The molecular weight excluding hydrogens is 402 g/mol. The van der Waals surface area contributed by atoms with Crippen molar-refractivity contribution in [2.45, 2.75) is 30.3 Å². The highest BCUT2D eigenvalue weighted by atomic mass is 32.2. The van der Waals surface area contributed by atoms with Gasteiger partial charge in [0.2, 0.25) is 10.0 Å². The van der Waals surface area contributed by atoms with Crippen molar-refractivity contribution >= 4 is 10.0 Å². The first-order valence-electron chi connectivity index (χ1n) is 9.23. The van der Waals surface area contributed by atoms with E-state index in [1.807, 2.05) is 0 Å². The number of ether oxygens (including phenoxy) is 2. The molecule has 0 atom stereocenters. The van der Waals surface area contributed by atoms with E-state index in [2.05, 4.69) is 9.62 Å². The van der Waals surface area contributed by atoms with Crippen LogP contribution in [0, 0.1) is 11.6 Å². The quantitative estimate of drug-likeness (QED) is 0.738. The van der Waals surface area contributed by atoms with Gasteiger partial charge in [0.1, 0.15) is 16.4 Å². The summed E-state index contributed by atoms with van der Waals surface area (Å²) in [4.78, 5) is 2.12. The monoisotopic (exact) mass is 426 g/mol. The van der Waals surface area contributed by atoms with Crippen molar-refractivity contribution < 1.29 is 26.7 Å². The fourth-order valence-corrected chi connectivity index (χ4v) is 4.87. The topological polar surface area (TPSA) is 67.9 Å². The molecule has 1 fully saturated rings. The second-order valence-corrected chi connectivity index (χ2v) is 8.62. The predicted molar refractivity (Wildman–Crippen MR) is 105 cm³/mol. The van der Waals surface area contributed by atoms with Gasteiger partial charge in [-0.25, -0.2) is 21.9 Å². The van der Waals surface area contributed by atoms with E-state index in [-0.39, 0.29) is 16.7 Å². The summed E-state index contributed by atoms with van der Waals surface area (Å²) >= 11 is 0. The summed E-state index contributed by atoms with van der Waals surface area (Å²) in [6.45, 7) is 1.77. The number of hydrogen-bond donors (Lipinski definition) is 1. The summed E-state index contributed by atoms with van der Waals surface area (Å²) in [6.07, 6.45) is 1.21. The Morgan fingerprint density at radius 3 is 2.38 bits per heavy atom. The maximum Gasteiger partial charge on any atom is 0.244 e. The molecule has 1 heterocycles. The first-order valence-corrected chi connectivity index (χ1v) is 10.7. The van der Waals surface area contributed by atoms with Crippen LogP contribution in [0.4, 0.5) is 8.78 Å². The number of likely N-dealkylation sites (tertiary alicyclic amines) is 1. The molecule has 6 nitrogen and oxygen atoms in total.